The van der Waals surface area contributed by atoms with Crippen LogP contribution >= 0.6 is 11.3 Å². The Hall–Kier alpha value is -1.68. The lowest BCUT2D eigenvalue weighted by Gasteiger charge is -2.14. The van der Waals surface area contributed by atoms with Crippen LogP contribution in [0.25, 0.3) is 0 Å². The minimum absolute atomic E-state index is 0.00294. The maximum atomic E-state index is 12.3. The molecule has 0 saturated heterocycles. The Balaban J connectivity index is 2.15. The molecular weight excluding hydrogens is 280 g/mol. The van der Waals surface area contributed by atoms with E-state index < -0.39 is 0 Å². The van der Waals surface area contributed by atoms with Crippen molar-refractivity contribution in [1.29, 1.82) is 0 Å². The van der Waals surface area contributed by atoms with Crippen LogP contribution in [0.3, 0.4) is 0 Å². The summed E-state index contributed by atoms with van der Waals surface area (Å²) in [6.07, 6.45) is 0. The summed E-state index contributed by atoms with van der Waals surface area (Å²) in [6, 6.07) is 7.74. The van der Waals surface area contributed by atoms with Crippen molar-refractivity contribution >= 4 is 22.4 Å². The molecule has 3 nitrogen and oxygen atoms in total. The number of hydrogen-bond donors (Lipinski definition) is 1. The summed E-state index contributed by atoms with van der Waals surface area (Å²) < 4.78 is 0. The summed E-state index contributed by atoms with van der Waals surface area (Å²) in [4.78, 5) is 16.8. The average molecular weight is 302 g/mol. The van der Waals surface area contributed by atoms with E-state index in [2.05, 4.69) is 44.9 Å². The maximum absolute atomic E-state index is 12.3. The van der Waals surface area contributed by atoms with Gasteiger partial charge in [0, 0.05) is 16.4 Å². The second-order valence-corrected chi connectivity index (χ2v) is 7.38. The van der Waals surface area contributed by atoms with E-state index in [-0.39, 0.29) is 11.3 Å². The van der Waals surface area contributed by atoms with Gasteiger partial charge in [0.15, 0.2) is 5.13 Å². The number of amides is 1. The van der Waals surface area contributed by atoms with Crippen molar-refractivity contribution in [3.8, 4) is 0 Å². The first-order valence-corrected chi connectivity index (χ1v) is 8.02. The van der Waals surface area contributed by atoms with Gasteiger partial charge in [0.25, 0.3) is 5.91 Å². The first kappa shape index (κ1) is 15.7. The number of carbonyl (C=O) groups excluding carboxylic acids is 1. The van der Waals surface area contributed by atoms with Gasteiger partial charge in [-0.1, -0.05) is 46.8 Å². The van der Waals surface area contributed by atoms with Gasteiger partial charge in [-0.3, -0.25) is 10.1 Å². The number of benzene rings is 1. The van der Waals surface area contributed by atoms with Crippen LogP contribution in [0, 0.1) is 0 Å². The van der Waals surface area contributed by atoms with Crippen molar-refractivity contribution in [2.24, 2.45) is 0 Å². The monoisotopic (exact) mass is 302 g/mol. The molecule has 0 aliphatic rings. The first-order valence-electron chi connectivity index (χ1n) is 7.14. The van der Waals surface area contributed by atoms with Crippen LogP contribution < -0.4 is 5.32 Å². The molecule has 2 aromatic rings. The lowest BCUT2D eigenvalue weighted by molar-refractivity contribution is 0.102. The Labute approximate surface area is 130 Å². The third kappa shape index (κ3) is 3.91. The number of carbonyl (C=O) groups is 1. The van der Waals surface area contributed by atoms with Crippen molar-refractivity contribution in [1.82, 2.24) is 4.98 Å². The van der Waals surface area contributed by atoms with Gasteiger partial charge in [-0.25, -0.2) is 4.98 Å². The highest BCUT2D eigenvalue weighted by molar-refractivity contribution is 7.14. The highest BCUT2D eigenvalue weighted by Gasteiger charge is 2.18. The summed E-state index contributed by atoms with van der Waals surface area (Å²) in [5, 5.41) is 5.54. The van der Waals surface area contributed by atoms with Crippen LogP contribution in [0.15, 0.2) is 29.6 Å². The van der Waals surface area contributed by atoms with E-state index in [1.54, 1.807) is 0 Å². The molecule has 1 heterocycles. The largest absolute Gasteiger partial charge is 0.298 e. The molecule has 0 aliphatic heterocycles. The SMILES string of the molecule is CC(C)c1cccc(C(=O)Nc2nc(C(C)(C)C)cs2)c1. The fourth-order valence-electron chi connectivity index (χ4n) is 1.88. The van der Waals surface area contributed by atoms with Crippen molar-refractivity contribution in [3.05, 3.63) is 46.5 Å². The zero-order valence-electron chi connectivity index (χ0n) is 13.2. The number of aromatic nitrogens is 1. The minimum atomic E-state index is -0.104. The first-order chi connectivity index (χ1) is 9.77. The molecular formula is C17H22N2OS. The fraction of sp³-hybridized carbons (Fsp3) is 0.412. The predicted molar refractivity (Wildman–Crippen MR) is 89.3 cm³/mol. The van der Waals surface area contributed by atoms with Gasteiger partial charge in [-0.15, -0.1) is 11.3 Å². The number of anilines is 1. The minimum Gasteiger partial charge on any atom is -0.298 e. The van der Waals surface area contributed by atoms with E-state index in [0.717, 1.165) is 11.3 Å². The molecule has 1 aromatic carbocycles. The predicted octanol–water partition coefficient (Wildman–Crippen LogP) is 4.82. The van der Waals surface area contributed by atoms with Crippen molar-refractivity contribution in [2.45, 2.75) is 46.0 Å². The zero-order chi connectivity index (χ0) is 15.6. The lowest BCUT2D eigenvalue weighted by Crippen LogP contribution is -2.14. The Bertz CT molecular complexity index is 638. The van der Waals surface area contributed by atoms with Crippen molar-refractivity contribution in [2.75, 3.05) is 5.32 Å². The van der Waals surface area contributed by atoms with E-state index in [1.807, 2.05) is 29.6 Å². The van der Waals surface area contributed by atoms with Crippen LogP contribution in [-0.4, -0.2) is 10.9 Å². The van der Waals surface area contributed by atoms with Gasteiger partial charge in [-0.2, -0.15) is 0 Å². The lowest BCUT2D eigenvalue weighted by atomic mass is 9.93. The molecule has 1 amide bonds. The summed E-state index contributed by atoms with van der Waals surface area (Å²) >= 11 is 1.47. The van der Waals surface area contributed by atoms with Gasteiger partial charge in [-0.05, 0) is 23.6 Å². The normalized spacial score (nSPS) is 11.7. The highest BCUT2D eigenvalue weighted by atomic mass is 32.1. The van der Waals surface area contributed by atoms with Gasteiger partial charge >= 0.3 is 0 Å². The molecule has 0 saturated carbocycles. The third-order valence-corrected chi connectivity index (χ3v) is 4.07. The summed E-state index contributed by atoms with van der Waals surface area (Å²) in [5.41, 5.74) is 2.83. The Morgan fingerprint density at radius 3 is 2.57 bits per heavy atom. The molecule has 0 spiro atoms. The van der Waals surface area contributed by atoms with Gasteiger partial charge < -0.3 is 0 Å². The average Bonchev–Trinajstić information content (AvgIpc) is 2.87. The molecule has 4 heteroatoms. The topological polar surface area (TPSA) is 42.0 Å². The second kappa shape index (κ2) is 5.98. The zero-order valence-corrected chi connectivity index (χ0v) is 14.0. The van der Waals surface area contributed by atoms with Crippen molar-refractivity contribution in [3.63, 3.8) is 0 Å². The quantitative estimate of drug-likeness (QED) is 0.883. The Morgan fingerprint density at radius 1 is 1.29 bits per heavy atom. The number of rotatable bonds is 3. The summed E-state index contributed by atoms with van der Waals surface area (Å²) in [5.74, 6) is 0.303. The van der Waals surface area contributed by atoms with E-state index in [9.17, 15) is 4.79 Å². The van der Waals surface area contributed by atoms with Gasteiger partial charge in [0.2, 0.25) is 0 Å². The molecule has 1 N–H and O–H groups in total. The van der Waals surface area contributed by atoms with Crippen LogP contribution in [-0.2, 0) is 5.41 Å². The van der Waals surface area contributed by atoms with Gasteiger partial charge in [0.05, 0.1) is 5.69 Å². The maximum Gasteiger partial charge on any atom is 0.257 e. The number of hydrogen-bond acceptors (Lipinski definition) is 3. The highest BCUT2D eigenvalue weighted by Crippen LogP contribution is 2.26. The van der Waals surface area contributed by atoms with Gasteiger partial charge in [0.1, 0.15) is 0 Å². The van der Waals surface area contributed by atoms with Crippen LogP contribution in [0.2, 0.25) is 0 Å². The molecule has 112 valence electrons. The number of nitrogens with zero attached hydrogens (tertiary/aromatic N) is 1. The standard InChI is InChI=1S/C17H22N2OS/c1-11(2)12-7-6-8-13(9-12)15(20)19-16-18-14(10-21-16)17(3,4)5/h6-11H,1-5H3,(H,18,19,20). The second-order valence-electron chi connectivity index (χ2n) is 6.52. The number of nitrogens with one attached hydrogen (secondary N) is 1. The summed E-state index contributed by atoms with van der Waals surface area (Å²) in [7, 11) is 0. The molecule has 0 unspecified atom stereocenters. The molecule has 2 rings (SSSR count). The Morgan fingerprint density at radius 2 is 2.00 bits per heavy atom. The molecule has 0 fully saturated rings. The van der Waals surface area contributed by atoms with E-state index >= 15 is 0 Å². The number of thiazole rings is 1. The third-order valence-electron chi connectivity index (χ3n) is 3.31. The molecule has 0 radical (unpaired) electrons. The molecule has 0 aliphatic carbocycles. The van der Waals surface area contributed by atoms with Crippen molar-refractivity contribution < 1.29 is 4.79 Å². The van der Waals surface area contributed by atoms with E-state index in [4.69, 9.17) is 0 Å². The fourth-order valence-corrected chi connectivity index (χ4v) is 2.82. The van der Waals surface area contributed by atoms with Crippen LogP contribution in [0.4, 0.5) is 5.13 Å². The van der Waals surface area contributed by atoms with Crippen LogP contribution in [0.5, 0.6) is 0 Å². The van der Waals surface area contributed by atoms with E-state index in [0.29, 0.717) is 16.6 Å². The molecule has 0 bridgehead atoms. The van der Waals surface area contributed by atoms with Crippen LogP contribution in [0.1, 0.15) is 62.2 Å². The van der Waals surface area contributed by atoms with E-state index in [1.165, 1.54) is 11.3 Å². The Kier molecular flexibility index (Phi) is 4.47. The smallest absolute Gasteiger partial charge is 0.257 e. The molecule has 21 heavy (non-hydrogen) atoms. The molecule has 0 atom stereocenters. The molecule has 1 aromatic heterocycles. The summed E-state index contributed by atoms with van der Waals surface area (Å²) in [6.45, 7) is 10.6.